The van der Waals surface area contributed by atoms with Crippen LogP contribution in [0.1, 0.15) is 5.56 Å². The van der Waals surface area contributed by atoms with Gasteiger partial charge < -0.3 is 10.6 Å². The van der Waals surface area contributed by atoms with Gasteiger partial charge in [0.25, 0.3) is 0 Å². The summed E-state index contributed by atoms with van der Waals surface area (Å²) in [6, 6.07) is 20.7. The second-order valence-electron chi connectivity index (χ2n) is 5.63. The summed E-state index contributed by atoms with van der Waals surface area (Å²) in [4.78, 5) is 5.56. The number of thioether (sulfide) groups is 1. The largest absolute Gasteiger partial charge is 0.356 e. The highest BCUT2D eigenvalue weighted by Gasteiger charge is 2.00. The first-order valence-electron chi connectivity index (χ1n) is 8.56. The van der Waals surface area contributed by atoms with Crippen molar-refractivity contribution in [3.8, 4) is 5.69 Å². The molecule has 5 nitrogen and oxygen atoms in total. The second kappa shape index (κ2) is 11.7. The fourth-order valence-corrected chi connectivity index (χ4v) is 3.24. The molecule has 0 aliphatic carbocycles. The summed E-state index contributed by atoms with van der Waals surface area (Å²) in [5.41, 5.74) is 2.25. The molecule has 0 amide bonds. The Kier molecular flexibility index (Phi) is 9.20. The maximum absolute atomic E-state index is 4.28. The minimum absolute atomic E-state index is 0. The monoisotopic (exact) mass is 493 g/mol. The number of hydrogen-bond acceptors (Lipinski definition) is 3. The topological polar surface area (TPSA) is 54.2 Å². The third-order valence-corrected chi connectivity index (χ3v) is 4.81. The molecule has 0 saturated carbocycles. The van der Waals surface area contributed by atoms with E-state index >= 15 is 0 Å². The van der Waals surface area contributed by atoms with Crippen molar-refractivity contribution in [2.45, 2.75) is 11.4 Å². The van der Waals surface area contributed by atoms with Gasteiger partial charge in [-0.3, -0.25) is 4.99 Å². The Balaban J connectivity index is 0.00000261. The van der Waals surface area contributed by atoms with Crippen LogP contribution in [0.5, 0.6) is 0 Å². The third-order valence-electron chi connectivity index (χ3n) is 3.80. The Morgan fingerprint density at radius 3 is 2.48 bits per heavy atom. The van der Waals surface area contributed by atoms with Crippen LogP contribution in [-0.2, 0) is 6.54 Å². The first-order valence-corrected chi connectivity index (χ1v) is 9.55. The number of benzene rings is 2. The lowest BCUT2D eigenvalue weighted by Gasteiger charge is -2.12. The van der Waals surface area contributed by atoms with Crippen molar-refractivity contribution in [1.82, 2.24) is 20.4 Å². The van der Waals surface area contributed by atoms with E-state index in [0.717, 1.165) is 30.5 Å². The number of nitrogens with zero attached hydrogens (tertiary/aromatic N) is 3. The summed E-state index contributed by atoms with van der Waals surface area (Å²) in [5, 5.41) is 10.9. The van der Waals surface area contributed by atoms with Crippen LogP contribution in [0, 0.1) is 0 Å². The zero-order valence-corrected chi connectivity index (χ0v) is 18.4. The zero-order chi connectivity index (χ0) is 18.0. The van der Waals surface area contributed by atoms with Gasteiger partial charge in [-0.1, -0.05) is 30.3 Å². The third kappa shape index (κ3) is 6.91. The van der Waals surface area contributed by atoms with Crippen LogP contribution in [-0.4, -0.2) is 35.1 Å². The number of aromatic nitrogens is 2. The van der Waals surface area contributed by atoms with Crippen LogP contribution in [0.2, 0.25) is 0 Å². The number of nitrogens with one attached hydrogen (secondary N) is 2. The van der Waals surface area contributed by atoms with Crippen molar-refractivity contribution in [3.63, 3.8) is 0 Å². The van der Waals surface area contributed by atoms with Crippen molar-refractivity contribution in [1.29, 1.82) is 0 Å². The molecule has 0 saturated heterocycles. The molecule has 2 aromatic carbocycles. The van der Waals surface area contributed by atoms with Gasteiger partial charge in [-0.05, 0) is 35.9 Å². The molecule has 0 spiro atoms. The average Bonchev–Trinajstić information content (AvgIpc) is 3.23. The Morgan fingerprint density at radius 2 is 1.81 bits per heavy atom. The van der Waals surface area contributed by atoms with E-state index in [2.05, 4.69) is 69.3 Å². The number of halogens is 1. The molecule has 0 fully saturated rings. The fourth-order valence-electron chi connectivity index (χ4n) is 2.45. The lowest BCUT2D eigenvalue weighted by atomic mass is 10.2. The predicted octanol–water partition coefficient (Wildman–Crippen LogP) is 3.95. The molecule has 0 radical (unpaired) electrons. The molecular weight excluding hydrogens is 469 g/mol. The maximum atomic E-state index is 4.28. The van der Waals surface area contributed by atoms with Crippen LogP contribution in [0.15, 0.2) is 82.9 Å². The van der Waals surface area contributed by atoms with Crippen LogP contribution in [0.4, 0.5) is 0 Å². The van der Waals surface area contributed by atoms with E-state index in [1.54, 1.807) is 13.2 Å². The van der Waals surface area contributed by atoms with Crippen molar-refractivity contribution in [2.24, 2.45) is 4.99 Å². The number of guanidine groups is 1. The van der Waals surface area contributed by atoms with Gasteiger partial charge in [0.2, 0.25) is 0 Å². The summed E-state index contributed by atoms with van der Waals surface area (Å²) in [5.74, 6) is 1.80. The molecule has 1 aromatic heterocycles. The predicted molar refractivity (Wildman–Crippen MR) is 124 cm³/mol. The lowest BCUT2D eigenvalue weighted by molar-refractivity contribution is 0.830. The Morgan fingerprint density at radius 1 is 1.04 bits per heavy atom. The molecule has 1 heterocycles. The molecule has 0 atom stereocenters. The van der Waals surface area contributed by atoms with Gasteiger partial charge in [-0.2, -0.15) is 5.10 Å². The van der Waals surface area contributed by atoms with Crippen molar-refractivity contribution in [3.05, 3.63) is 78.6 Å². The SMILES string of the molecule is CN=C(NCCSc1ccccc1)NCc1ccc(-n2cccn2)cc1.I. The molecule has 0 aliphatic heterocycles. The van der Waals surface area contributed by atoms with E-state index in [4.69, 9.17) is 0 Å². The Labute approximate surface area is 181 Å². The highest BCUT2D eigenvalue weighted by molar-refractivity contribution is 14.0. The molecular formula is C20H24IN5S. The van der Waals surface area contributed by atoms with E-state index in [0.29, 0.717) is 0 Å². The molecule has 2 N–H and O–H groups in total. The normalized spacial score (nSPS) is 10.9. The van der Waals surface area contributed by atoms with Crippen LogP contribution in [0.3, 0.4) is 0 Å². The van der Waals surface area contributed by atoms with Crippen molar-refractivity contribution in [2.75, 3.05) is 19.3 Å². The fraction of sp³-hybridized carbons (Fsp3) is 0.200. The lowest BCUT2D eigenvalue weighted by Crippen LogP contribution is -2.37. The van der Waals surface area contributed by atoms with Crippen molar-refractivity contribution >= 4 is 41.7 Å². The molecule has 0 bridgehead atoms. The van der Waals surface area contributed by atoms with Crippen LogP contribution >= 0.6 is 35.7 Å². The molecule has 0 aliphatic rings. The van der Waals surface area contributed by atoms with Gasteiger partial charge >= 0.3 is 0 Å². The molecule has 3 aromatic rings. The number of hydrogen-bond donors (Lipinski definition) is 2. The molecule has 142 valence electrons. The molecule has 3 rings (SSSR count). The zero-order valence-electron chi connectivity index (χ0n) is 15.2. The minimum Gasteiger partial charge on any atom is -0.356 e. The minimum atomic E-state index is 0. The summed E-state index contributed by atoms with van der Waals surface area (Å²) in [7, 11) is 1.79. The summed E-state index contributed by atoms with van der Waals surface area (Å²) in [6.45, 7) is 1.59. The first kappa shape index (κ1) is 21.3. The van der Waals surface area contributed by atoms with E-state index in [1.807, 2.05) is 34.8 Å². The highest BCUT2D eigenvalue weighted by Crippen LogP contribution is 2.15. The molecule has 0 unspecified atom stereocenters. The van der Waals surface area contributed by atoms with Crippen LogP contribution in [0.25, 0.3) is 5.69 Å². The van der Waals surface area contributed by atoms with Gasteiger partial charge in [0.05, 0.1) is 5.69 Å². The van der Waals surface area contributed by atoms with E-state index in [1.165, 1.54) is 10.5 Å². The maximum Gasteiger partial charge on any atom is 0.191 e. The highest BCUT2D eigenvalue weighted by atomic mass is 127. The Bertz CT molecular complexity index is 804. The average molecular weight is 493 g/mol. The summed E-state index contributed by atoms with van der Waals surface area (Å²) >= 11 is 1.83. The first-order chi connectivity index (χ1) is 12.8. The smallest absolute Gasteiger partial charge is 0.191 e. The molecule has 7 heteroatoms. The second-order valence-corrected chi connectivity index (χ2v) is 6.80. The summed E-state index contributed by atoms with van der Waals surface area (Å²) in [6.07, 6.45) is 3.72. The van der Waals surface area contributed by atoms with Gasteiger partial charge in [0, 0.05) is 43.2 Å². The molecule has 27 heavy (non-hydrogen) atoms. The number of aliphatic imine (C=N–C) groups is 1. The van der Waals surface area contributed by atoms with Gasteiger partial charge in [0.15, 0.2) is 5.96 Å². The van der Waals surface area contributed by atoms with Gasteiger partial charge in [0.1, 0.15) is 0 Å². The van der Waals surface area contributed by atoms with E-state index in [9.17, 15) is 0 Å². The quantitative estimate of drug-likeness (QED) is 0.172. The Hall–Kier alpha value is -2.00. The van der Waals surface area contributed by atoms with Crippen LogP contribution < -0.4 is 10.6 Å². The van der Waals surface area contributed by atoms with E-state index < -0.39 is 0 Å². The van der Waals surface area contributed by atoms with Gasteiger partial charge in [-0.25, -0.2) is 4.68 Å². The summed E-state index contributed by atoms with van der Waals surface area (Å²) < 4.78 is 1.85. The number of rotatable bonds is 7. The standard InChI is InChI=1S/C20H23N5S.HI/c1-21-20(22-13-15-26-19-6-3-2-4-7-19)23-16-17-8-10-18(11-9-17)25-14-5-12-24-25;/h2-12,14H,13,15-16H2,1H3,(H2,21,22,23);1H. The van der Waals surface area contributed by atoms with Crippen molar-refractivity contribution < 1.29 is 0 Å². The van der Waals surface area contributed by atoms with E-state index in [-0.39, 0.29) is 24.0 Å². The van der Waals surface area contributed by atoms with Gasteiger partial charge in [-0.15, -0.1) is 35.7 Å².